The van der Waals surface area contributed by atoms with E-state index in [1.807, 2.05) is 0 Å². The normalized spacial score (nSPS) is 13.8. The first-order valence-electron chi connectivity index (χ1n) is 8.99. The van der Waals surface area contributed by atoms with E-state index in [9.17, 15) is 31.5 Å². The number of halogens is 5. The van der Waals surface area contributed by atoms with E-state index in [2.05, 4.69) is 5.32 Å². The van der Waals surface area contributed by atoms with Gasteiger partial charge < -0.3 is 25.0 Å². The van der Waals surface area contributed by atoms with Crippen LogP contribution in [0.5, 0.6) is 0 Å². The molecule has 1 fully saturated rings. The molecule has 0 bridgehead atoms. The number of ether oxygens (including phenoxy) is 1. The number of carbonyl (C=O) groups excluding carboxylic acids is 2. The fourth-order valence-corrected chi connectivity index (χ4v) is 2.44. The van der Waals surface area contributed by atoms with Gasteiger partial charge in [0.2, 0.25) is 5.91 Å². The molecule has 1 aliphatic heterocycles. The second-order valence-electron chi connectivity index (χ2n) is 6.28. The van der Waals surface area contributed by atoms with E-state index >= 15 is 0 Å². The van der Waals surface area contributed by atoms with Crippen molar-refractivity contribution in [3.63, 3.8) is 0 Å². The molecule has 2 rings (SSSR count). The third-order valence-corrected chi connectivity index (χ3v) is 4.06. The lowest BCUT2D eigenvalue weighted by Gasteiger charge is -2.30. The van der Waals surface area contributed by atoms with E-state index in [0.29, 0.717) is 26.2 Å². The minimum Gasteiger partial charge on any atom is -0.475 e. The smallest absolute Gasteiger partial charge is 0.475 e. The Morgan fingerprint density at radius 3 is 2.23 bits per heavy atom. The van der Waals surface area contributed by atoms with Crippen molar-refractivity contribution in [3.8, 4) is 0 Å². The van der Waals surface area contributed by atoms with Gasteiger partial charge in [0.15, 0.2) is 11.6 Å². The summed E-state index contributed by atoms with van der Waals surface area (Å²) in [6.45, 7) is 2.88. The quantitative estimate of drug-likeness (QED) is 0.624. The molecule has 1 aliphatic rings. The maximum Gasteiger partial charge on any atom is 0.490 e. The van der Waals surface area contributed by atoms with Gasteiger partial charge in [0.25, 0.3) is 5.91 Å². The Hall–Kier alpha value is -2.80. The van der Waals surface area contributed by atoms with Gasteiger partial charge in [0.05, 0.1) is 6.61 Å². The van der Waals surface area contributed by atoms with Gasteiger partial charge in [-0.05, 0) is 18.2 Å². The standard InChI is InChI=1S/C16H21F2N3O3.C2HF3O2/c1-24-9-8-21(11-15(22)20-6-4-19-5-7-20)16(23)12-2-3-13(17)14(18)10-12;3-2(4,5)1(6)7/h2-3,10,19H,4-9,11H2,1H3;(H,6,7). The highest BCUT2D eigenvalue weighted by Gasteiger charge is 2.38. The molecule has 2 amide bonds. The summed E-state index contributed by atoms with van der Waals surface area (Å²) in [6.07, 6.45) is -5.08. The van der Waals surface area contributed by atoms with E-state index in [1.165, 1.54) is 18.1 Å². The topological polar surface area (TPSA) is 99.2 Å². The lowest BCUT2D eigenvalue weighted by Crippen LogP contribution is -2.50. The Morgan fingerprint density at radius 1 is 1.16 bits per heavy atom. The molecule has 1 aromatic carbocycles. The number of methoxy groups -OCH3 is 1. The number of benzene rings is 1. The van der Waals surface area contributed by atoms with Crippen LogP contribution in [-0.2, 0) is 14.3 Å². The van der Waals surface area contributed by atoms with Crippen LogP contribution in [0.4, 0.5) is 22.0 Å². The van der Waals surface area contributed by atoms with Crippen LogP contribution in [0.25, 0.3) is 0 Å². The van der Waals surface area contributed by atoms with Crippen molar-refractivity contribution in [2.45, 2.75) is 6.18 Å². The number of carboxylic acid groups (broad SMARTS) is 1. The Morgan fingerprint density at radius 2 is 1.74 bits per heavy atom. The monoisotopic (exact) mass is 455 g/mol. The van der Waals surface area contributed by atoms with Crippen molar-refractivity contribution in [1.29, 1.82) is 0 Å². The van der Waals surface area contributed by atoms with Gasteiger partial charge in [-0.15, -0.1) is 0 Å². The van der Waals surface area contributed by atoms with Gasteiger partial charge in [0.1, 0.15) is 6.54 Å². The summed E-state index contributed by atoms with van der Waals surface area (Å²) in [5, 5.41) is 10.3. The predicted octanol–water partition coefficient (Wildman–Crippen LogP) is 1.12. The van der Waals surface area contributed by atoms with Crippen LogP contribution in [0.1, 0.15) is 10.4 Å². The van der Waals surface area contributed by atoms with E-state index in [1.54, 1.807) is 4.90 Å². The molecule has 0 saturated carbocycles. The van der Waals surface area contributed by atoms with Crippen LogP contribution < -0.4 is 5.32 Å². The number of nitrogens with zero attached hydrogens (tertiary/aromatic N) is 2. The molecule has 1 saturated heterocycles. The Kier molecular flexibility index (Phi) is 10.3. The molecule has 0 aliphatic carbocycles. The third kappa shape index (κ3) is 8.84. The molecule has 1 heterocycles. The van der Waals surface area contributed by atoms with E-state index in [0.717, 1.165) is 12.1 Å². The molecule has 31 heavy (non-hydrogen) atoms. The maximum absolute atomic E-state index is 13.4. The van der Waals surface area contributed by atoms with Gasteiger partial charge in [-0.1, -0.05) is 0 Å². The number of hydrogen-bond donors (Lipinski definition) is 2. The number of hydrogen-bond acceptors (Lipinski definition) is 5. The zero-order valence-electron chi connectivity index (χ0n) is 16.5. The molecule has 0 atom stereocenters. The number of aliphatic carboxylic acids is 1. The minimum atomic E-state index is -5.08. The first kappa shape index (κ1) is 26.2. The number of carbonyl (C=O) groups is 3. The van der Waals surface area contributed by atoms with E-state index in [4.69, 9.17) is 14.6 Å². The van der Waals surface area contributed by atoms with Crippen LogP contribution in [0.3, 0.4) is 0 Å². The Bertz CT molecular complexity index is 769. The van der Waals surface area contributed by atoms with Crippen LogP contribution in [0.2, 0.25) is 0 Å². The van der Waals surface area contributed by atoms with E-state index < -0.39 is 29.7 Å². The second-order valence-corrected chi connectivity index (χ2v) is 6.28. The van der Waals surface area contributed by atoms with Crippen molar-refractivity contribution in [3.05, 3.63) is 35.4 Å². The fourth-order valence-electron chi connectivity index (χ4n) is 2.44. The molecule has 0 spiro atoms. The second kappa shape index (κ2) is 12.2. The number of alkyl halides is 3. The number of carboxylic acids is 1. The molecule has 8 nitrogen and oxygen atoms in total. The average molecular weight is 455 g/mol. The maximum atomic E-state index is 13.4. The average Bonchev–Trinajstić information content (AvgIpc) is 2.72. The summed E-state index contributed by atoms with van der Waals surface area (Å²) in [4.78, 5) is 36.8. The van der Waals surface area contributed by atoms with Crippen molar-refractivity contribution < 1.29 is 46.2 Å². The van der Waals surface area contributed by atoms with Crippen LogP contribution in [-0.4, -0.2) is 91.9 Å². The molecule has 0 radical (unpaired) electrons. The zero-order valence-corrected chi connectivity index (χ0v) is 16.5. The lowest BCUT2D eigenvalue weighted by molar-refractivity contribution is -0.192. The number of rotatable bonds is 6. The molecule has 0 unspecified atom stereocenters. The van der Waals surface area contributed by atoms with Gasteiger partial charge >= 0.3 is 12.1 Å². The van der Waals surface area contributed by atoms with Gasteiger partial charge in [-0.25, -0.2) is 13.6 Å². The predicted molar refractivity (Wildman–Crippen MR) is 97.3 cm³/mol. The number of piperazine rings is 1. The van der Waals surface area contributed by atoms with Crippen molar-refractivity contribution >= 4 is 17.8 Å². The van der Waals surface area contributed by atoms with Gasteiger partial charge in [0, 0.05) is 45.4 Å². The molecular formula is C18H22F5N3O5. The molecule has 1 aromatic rings. The summed E-state index contributed by atoms with van der Waals surface area (Å²) >= 11 is 0. The highest BCUT2D eigenvalue weighted by Crippen LogP contribution is 2.13. The highest BCUT2D eigenvalue weighted by molar-refractivity contribution is 5.96. The van der Waals surface area contributed by atoms with Crippen LogP contribution in [0.15, 0.2) is 18.2 Å². The number of amides is 2. The highest BCUT2D eigenvalue weighted by atomic mass is 19.4. The summed E-state index contributed by atoms with van der Waals surface area (Å²) in [5.74, 6) is -5.58. The first-order valence-corrected chi connectivity index (χ1v) is 8.99. The van der Waals surface area contributed by atoms with Crippen LogP contribution >= 0.6 is 0 Å². The molecular weight excluding hydrogens is 433 g/mol. The Labute approximate surface area is 174 Å². The summed E-state index contributed by atoms with van der Waals surface area (Å²) in [7, 11) is 1.48. The third-order valence-electron chi connectivity index (χ3n) is 4.06. The molecule has 0 aromatic heterocycles. The fraction of sp³-hybridized carbons (Fsp3) is 0.500. The van der Waals surface area contributed by atoms with Crippen molar-refractivity contribution in [1.82, 2.24) is 15.1 Å². The van der Waals surface area contributed by atoms with E-state index in [-0.39, 0.29) is 31.2 Å². The largest absolute Gasteiger partial charge is 0.490 e. The molecule has 13 heteroatoms. The first-order chi connectivity index (χ1) is 14.5. The SMILES string of the molecule is COCCN(CC(=O)N1CCNCC1)C(=O)c1ccc(F)c(F)c1.O=C(O)C(F)(F)F. The Balaban J connectivity index is 0.000000592. The summed E-state index contributed by atoms with van der Waals surface area (Å²) < 4.78 is 63.1. The minimum absolute atomic E-state index is 0.00175. The van der Waals surface area contributed by atoms with Crippen molar-refractivity contribution in [2.75, 3.05) is 53.0 Å². The zero-order chi connectivity index (χ0) is 23.6. The molecule has 174 valence electrons. The van der Waals surface area contributed by atoms with Crippen molar-refractivity contribution in [2.24, 2.45) is 0 Å². The summed E-state index contributed by atoms with van der Waals surface area (Å²) in [6, 6.07) is 2.94. The van der Waals surface area contributed by atoms with Crippen LogP contribution in [0, 0.1) is 11.6 Å². The van der Waals surface area contributed by atoms with Gasteiger partial charge in [-0.3, -0.25) is 9.59 Å². The van der Waals surface area contributed by atoms with Gasteiger partial charge in [-0.2, -0.15) is 13.2 Å². The molecule has 2 N–H and O–H groups in total. The lowest BCUT2D eigenvalue weighted by atomic mass is 10.2. The summed E-state index contributed by atoms with van der Waals surface area (Å²) in [5.41, 5.74) is -0.00175. The number of nitrogens with one attached hydrogen (secondary N) is 1.